The SMILES string of the molecule is CC(C)(C)Oc1ccc2c(c1-c1cccc3c1CCCC3)CCCC2. The van der Waals surface area contributed by atoms with Crippen molar-refractivity contribution in [2.45, 2.75) is 77.7 Å². The van der Waals surface area contributed by atoms with Crippen LogP contribution in [0.3, 0.4) is 0 Å². The zero-order valence-electron chi connectivity index (χ0n) is 16.0. The van der Waals surface area contributed by atoms with Crippen LogP contribution in [0.1, 0.15) is 68.7 Å². The highest BCUT2D eigenvalue weighted by Gasteiger charge is 2.24. The summed E-state index contributed by atoms with van der Waals surface area (Å²) in [5, 5.41) is 0. The fourth-order valence-electron chi connectivity index (χ4n) is 4.53. The van der Waals surface area contributed by atoms with Crippen LogP contribution in [0.4, 0.5) is 0 Å². The van der Waals surface area contributed by atoms with Crippen LogP contribution >= 0.6 is 0 Å². The first-order valence-corrected chi connectivity index (χ1v) is 9.98. The second kappa shape index (κ2) is 6.52. The molecule has 1 nitrogen and oxygen atoms in total. The Morgan fingerprint density at radius 3 is 2.08 bits per heavy atom. The number of fused-ring (bicyclic) bond motifs is 2. The van der Waals surface area contributed by atoms with Gasteiger partial charge in [-0.1, -0.05) is 24.3 Å². The van der Waals surface area contributed by atoms with E-state index in [4.69, 9.17) is 4.74 Å². The molecule has 0 amide bonds. The Kier molecular flexibility index (Phi) is 4.35. The Hall–Kier alpha value is -1.76. The molecule has 0 heterocycles. The first kappa shape index (κ1) is 16.7. The molecule has 2 aliphatic rings. The molecule has 0 aliphatic heterocycles. The summed E-state index contributed by atoms with van der Waals surface area (Å²) in [6.45, 7) is 6.45. The largest absolute Gasteiger partial charge is 0.487 e. The fourth-order valence-corrected chi connectivity index (χ4v) is 4.53. The molecule has 0 bridgehead atoms. The van der Waals surface area contributed by atoms with E-state index in [1.807, 2.05) is 0 Å². The van der Waals surface area contributed by atoms with Gasteiger partial charge >= 0.3 is 0 Å². The summed E-state index contributed by atoms with van der Waals surface area (Å²) in [4.78, 5) is 0. The molecule has 0 unspecified atom stereocenters. The predicted octanol–water partition coefficient (Wildman–Crippen LogP) is 6.29. The van der Waals surface area contributed by atoms with E-state index in [9.17, 15) is 0 Å². The smallest absolute Gasteiger partial charge is 0.128 e. The topological polar surface area (TPSA) is 9.23 Å². The van der Waals surface area contributed by atoms with Gasteiger partial charge < -0.3 is 4.74 Å². The van der Waals surface area contributed by atoms with E-state index in [1.54, 1.807) is 16.7 Å². The summed E-state index contributed by atoms with van der Waals surface area (Å²) in [7, 11) is 0. The maximum atomic E-state index is 6.44. The van der Waals surface area contributed by atoms with Gasteiger partial charge in [0.1, 0.15) is 11.4 Å². The molecule has 25 heavy (non-hydrogen) atoms. The average molecular weight is 335 g/mol. The Balaban J connectivity index is 1.93. The molecular weight excluding hydrogens is 304 g/mol. The maximum absolute atomic E-state index is 6.44. The van der Waals surface area contributed by atoms with Crippen molar-refractivity contribution in [3.8, 4) is 16.9 Å². The van der Waals surface area contributed by atoms with Gasteiger partial charge in [0.15, 0.2) is 0 Å². The number of aryl methyl sites for hydroxylation is 2. The fraction of sp³-hybridized carbons (Fsp3) is 0.500. The Morgan fingerprint density at radius 1 is 0.720 bits per heavy atom. The monoisotopic (exact) mass is 334 g/mol. The third kappa shape index (κ3) is 3.34. The van der Waals surface area contributed by atoms with Gasteiger partial charge in [-0.15, -0.1) is 0 Å². The van der Waals surface area contributed by atoms with Crippen molar-refractivity contribution in [3.05, 3.63) is 52.6 Å². The molecule has 1 heteroatoms. The van der Waals surface area contributed by atoms with Crippen LogP contribution in [0.2, 0.25) is 0 Å². The van der Waals surface area contributed by atoms with Crippen LogP contribution in [0.15, 0.2) is 30.3 Å². The molecule has 0 fully saturated rings. The van der Waals surface area contributed by atoms with E-state index in [-0.39, 0.29) is 5.60 Å². The molecule has 0 atom stereocenters. The minimum absolute atomic E-state index is 0.174. The van der Waals surface area contributed by atoms with E-state index in [0.29, 0.717) is 0 Å². The summed E-state index contributed by atoms with van der Waals surface area (Å²) >= 11 is 0. The van der Waals surface area contributed by atoms with Crippen LogP contribution in [0, 0.1) is 0 Å². The molecule has 0 saturated heterocycles. The van der Waals surface area contributed by atoms with Gasteiger partial charge in [0, 0.05) is 5.56 Å². The van der Waals surface area contributed by atoms with Gasteiger partial charge in [-0.3, -0.25) is 0 Å². The number of ether oxygens (including phenoxy) is 1. The standard InChI is InChI=1S/C24H30O/c1-24(2,3)25-22-16-15-18-10-5-7-13-20(18)23(22)21-14-8-11-17-9-4-6-12-19(17)21/h8,11,14-16H,4-7,9-10,12-13H2,1-3H3. The highest BCUT2D eigenvalue weighted by molar-refractivity contribution is 5.79. The second-order valence-corrected chi connectivity index (χ2v) is 8.65. The number of hydrogen-bond acceptors (Lipinski definition) is 1. The van der Waals surface area contributed by atoms with Crippen molar-refractivity contribution >= 4 is 0 Å². The lowest BCUT2D eigenvalue weighted by atomic mass is 9.80. The molecule has 0 aromatic heterocycles. The molecule has 4 rings (SSSR count). The van der Waals surface area contributed by atoms with Crippen molar-refractivity contribution in [2.24, 2.45) is 0 Å². The lowest BCUT2D eigenvalue weighted by Crippen LogP contribution is -2.24. The predicted molar refractivity (Wildman–Crippen MR) is 106 cm³/mol. The molecule has 2 aromatic carbocycles. The van der Waals surface area contributed by atoms with Gasteiger partial charge in [-0.25, -0.2) is 0 Å². The first-order valence-electron chi connectivity index (χ1n) is 9.98. The van der Waals surface area contributed by atoms with Gasteiger partial charge in [0.25, 0.3) is 0 Å². The molecular formula is C24H30O. The highest BCUT2D eigenvalue weighted by Crippen LogP contribution is 2.43. The molecule has 0 spiro atoms. The van der Waals surface area contributed by atoms with Gasteiger partial charge in [-0.2, -0.15) is 0 Å². The van der Waals surface area contributed by atoms with E-state index in [2.05, 4.69) is 51.1 Å². The number of hydrogen-bond donors (Lipinski definition) is 0. The van der Waals surface area contributed by atoms with Crippen molar-refractivity contribution < 1.29 is 4.74 Å². The molecule has 2 aliphatic carbocycles. The average Bonchev–Trinajstić information content (AvgIpc) is 2.60. The molecule has 0 radical (unpaired) electrons. The third-order valence-electron chi connectivity index (χ3n) is 5.58. The highest BCUT2D eigenvalue weighted by atomic mass is 16.5. The van der Waals surface area contributed by atoms with Crippen LogP contribution in [-0.2, 0) is 25.7 Å². The van der Waals surface area contributed by atoms with Crippen LogP contribution < -0.4 is 4.74 Å². The zero-order chi connectivity index (χ0) is 17.4. The summed E-state index contributed by atoms with van der Waals surface area (Å²) in [5.74, 6) is 1.08. The lowest BCUT2D eigenvalue weighted by Gasteiger charge is -2.29. The van der Waals surface area contributed by atoms with E-state index in [1.165, 1.54) is 68.1 Å². The summed E-state index contributed by atoms with van der Waals surface area (Å²) in [6.07, 6.45) is 10.1. The van der Waals surface area contributed by atoms with Crippen molar-refractivity contribution in [3.63, 3.8) is 0 Å². The zero-order valence-corrected chi connectivity index (χ0v) is 16.0. The summed E-state index contributed by atoms with van der Waals surface area (Å²) in [6, 6.07) is 11.5. The summed E-state index contributed by atoms with van der Waals surface area (Å²) < 4.78 is 6.44. The van der Waals surface area contributed by atoms with E-state index in [0.717, 1.165) is 5.75 Å². The Labute approximate surface area is 152 Å². The van der Waals surface area contributed by atoms with Crippen LogP contribution in [0.5, 0.6) is 5.75 Å². The van der Waals surface area contributed by atoms with Crippen molar-refractivity contribution in [1.82, 2.24) is 0 Å². The van der Waals surface area contributed by atoms with Crippen LogP contribution in [-0.4, -0.2) is 5.60 Å². The summed E-state index contributed by atoms with van der Waals surface area (Å²) in [5.41, 5.74) is 8.88. The molecule has 0 N–H and O–H groups in total. The maximum Gasteiger partial charge on any atom is 0.128 e. The van der Waals surface area contributed by atoms with Gasteiger partial charge in [0.05, 0.1) is 0 Å². The number of rotatable bonds is 2. The second-order valence-electron chi connectivity index (χ2n) is 8.65. The van der Waals surface area contributed by atoms with Crippen molar-refractivity contribution in [2.75, 3.05) is 0 Å². The van der Waals surface area contributed by atoms with Gasteiger partial charge in [0.2, 0.25) is 0 Å². The first-order chi connectivity index (χ1) is 12.0. The minimum Gasteiger partial charge on any atom is -0.487 e. The minimum atomic E-state index is -0.174. The van der Waals surface area contributed by atoms with Gasteiger partial charge in [-0.05, 0) is 106 Å². The third-order valence-corrected chi connectivity index (χ3v) is 5.58. The molecule has 132 valence electrons. The van der Waals surface area contributed by atoms with E-state index >= 15 is 0 Å². The number of benzene rings is 2. The molecule has 0 saturated carbocycles. The Morgan fingerprint density at radius 2 is 1.36 bits per heavy atom. The van der Waals surface area contributed by atoms with E-state index < -0.39 is 0 Å². The van der Waals surface area contributed by atoms with Crippen molar-refractivity contribution in [1.29, 1.82) is 0 Å². The molecule has 2 aromatic rings. The normalized spacial score (nSPS) is 16.9. The van der Waals surface area contributed by atoms with Crippen LogP contribution in [0.25, 0.3) is 11.1 Å². The quantitative estimate of drug-likeness (QED) is 0.627. The Bertz CT molecular complexity index is 779. The lowest BCUT2D eigenvalue weighted by molar-refractivity contribution is 0.131.